The molecule has 1 rings (SSSR count). The second-order valence-corrected chi connectivity index (χ2v) is 3.79. The number of hydrogen-bond acceptors (Lipinski definition) is 4. The molecule has 0 spiro atoms. The fraction of sp³-hybridized carbons (Fsp3) is 1.00. The summed E-state index contributed by atoms with van der Waals surface area (Å²) in [5, 5.41) is 18.2. The van der Waals surface area contributed by atoms with Crippen LogP contribution in [0.2, 0.25) is 0 Å². The van der Waals surface area contributed by atoms with Gasteiger partial charge in [0.1, 0.15) is 0 Å². The Hall–Kier alpha value is -0.160. The highest BCUT2D eigenvalue weighted by Gasteiger charge is 2.25. The summed E-state index contributed by atoms with van der Waals surface area (Å²) >= 11 is 0. The summed E-state index contributed by atoms with van der Waals surface area (Å²) in [7, 11) is 0. The third-order valence-electron chi connectivity index (χ3n) is 2.34. The van der Waals surface area contributed by atoms with Crippen molar-refractivity contribution in [2.75, 3.05) is 26.3 Å². The summed E-state index contributed by atoms with van der Waals surface area (Å²) in [6.45, 7) is 5.90. The van der Waals surface area contributed by atoms with Crippen molar-refractivity contribution in [2.24, 2.45) is 0 Å². The molecule has 3 unspecified atom stereocenters. The Morgan fingerprint density at radius 2 is 2.31 bits per heavy atom. The third-order valence-corrected chi connectivity index (χ3v) is 2.34. The largest absolute Gasteiger partial charge is 0.394 e. The van der Waals surface area contributed by atoms with Crippen LogP contribution in [0.3, 0.4) is 0 Å². The number of aliphatic hydroxyl groups is 2. The van der Waals surface area contributed by atoms with Gasteiger partial charge in [-0.3, -0.25) is 4.90 Å². The average Bonchev–Trinajstić information content (AvgIpc) is 2.08. The van der Waals surface area contributed by atoms with Crippen LogP contribution in [0.4, 0.5) is 0 Å². The number of nitrogens with zero attached hydrogens (tertiary/aromatic N) is 1. The predicted octanol–water partition coefficient (Wildman–Crippen LogP) is -0.551. The fourth-order valence-corrected chi connectivity index (χ4v) is 1.58. The van der Waals surface area contributed by atoms with Crippen molar-refractivity contribution in [3.63, 3.8) is 0 Å². The Morgan fingerprint density at radius 3 is 2.85 bits per heavy atom. The standard InChI is InChI=1S/C9H19NO3/c1-7-6-13-9(5-11)4-10(7)3-8(2)12/h7-9,11-12H,3-6H2,1-2H3. The zero-order chi connectivity index (χ0) is 9.84. The molecule has 0 radical (unpaired) electrons. The van der Waals surface area contributed by atoms with Crippen LogP contribution in [0.5, 0.6) is 0 Å². The van der Waals surface area contributed by atoms with Crippen molar-refractivity contribution in [3.8, 4) is 0 Å². The molecule has 0 saturated carbocycles. The smallest absolute Gasteiger partial charge is 0.0933 e. The van der Waals surface area contributed by atoms with Crippen LogP contribution < -0.4 is 0 Å². The first-order valence-corrected chi connectivity index (χ1v) is 4.78. The molecular formula is C9H19NO3. The number of β-amino-alcohol motifs (C(OH)–C–C–N with tert-alkyl or cyclic N) is 1. The van der Waals surface area contributed by atoms with E-state index >= 15 is 0 Å². The molecule has 0 aromatic carbocycles. The van der Waals surface area contributed by atoms with Crippen molar-refractivity contribution in [3.05, 3.63) is 0 Å². The van der Waals surface area contributed by atoms with Crippen molar-refractivity contribution >= 4 is 0 Å². The van der Waals surface area contributed by atoms with Crippen molar-refractivity contribution in [2.45, 2.75) is 32.1 Å². The number of ether oxygens (including phenoxy) is 1. The van der Waals surface area contributed by atoms with Gasteiger partial charge in [0, 0.05) is 19.1 Å². The fourth-order valence-electron chi connectivity index (χ4n) is 1.58. The molecule has 0 amide bonds. The van der Waals surface area contributed by atoms with Gasteiger partial charge in [0.25, 0.3) is 0 Å². The molecule has 1 saturated heterocycles. The minimum absolute atomic E-state index is 0.0586. The molecular weight excluding hydrogens is 170 g/mol. The maximum atomic E-state index is 9.24. The summed E-state index contributed by atoms with van der Waals surface area (Å²) in [4.78, 5) is 2.15. The van der Waals surface area contributed by atoms with E-state index in [0.717, 1.165) is 0 Å². The van der Waals surface area contributed by atoms with Gasteiger partial charge in [-0.05, 0) is 13.8 Å². The molecule has 1 heterocycles. The SMILES string of the molecule is CC(O)CN1CC(CO)OCC1C. The monoisotopic (exact) mass is 189 g/mol. The highest BCUT2D eigenvalue weighted by atomic mass is 16.5. The Morgan fingerprint density at radius 1 is 1.62 bits per heavy atom. The molecule has 78 valence electrons. The van der Waals surface area contributed by atoms with E-state index in [-0.39, 0.29) is 18.8 Å². The second kappa shape index (κ2) is 4.91. The first-order valence-electron chi connectivity index (χ1n) is 4.78. The molecule has 0 aromatic heterocycles. The maximum Gasteiger partial charge on any atom is 0.0933 e. The lowest BCUT2D eigenvalue weighted by Gasteiger charge is -2.37. The molecule has 0 aromatic rings. The quantitative estimate of drug-likeness (QED) is 0.625. The van der Waals surface area contributed by atoms with Crippen LogP contribution in [-0.2, 0) is 4.74 Å². The highest BCUT2D eigenvalue weighted by molar-refractivity contribution is 4.77. The first kappa shape index (κ1) is 10.9. The average molecular weight is 189 g/mol. The normalized spacial score (nSPS) is 33.2. The summed E-state index contributed by atoms with van der Waals surface area (Å²) in [6, 6.07) is 0.331. The summed E-state index contributed by atoms with van der Waals surface area (Å²) < 4.78 is 5.38. The molecule has 2 N–H and O–H groups in total. The van der Waals surface area contributed by atoms with Gasteiger partial charge in [0.15, 0.2) is 0 Å². The molecule has 0 aliphatic carbocycles. The first-order chi connectivity index (χ1) is 6.13. The van der Waals surface area contributed by atoms with E-state index in [9.17, 15) is 5.11 Å². The van der Waals surface area contributed by atoms with Gasteiger partial charge >= 0.3 is 0 Å². The summed E-state index contributed by atoms with van der Waals surface area (Å²) in [5.74, 6) is 0. The molecule has 3 atom stereocenters. The van der Waals surface area contributed by atoms with E-state index in [2.05, 4.69) is 11.8 Å². The van der Waals surface area contributed by atoms with Gasteiger partial charge in [-0.2, -0.15) is 0 Å². The van der Waals surface area contributed by atoms with Crippen LogP contribution in [0, 0.1) is 0 Å². The third kappa shape index (κ3) is 3.23. The van der Waals surface area contributed by atoms with E-state index in [1.807, 2.05) is 0 Å². The van der Waals surface area contributed by atoms with E-state index in [0.29, 0.717) is 25.7 Å². The highest BCUT2D eigenvalue weighted by Crippen LogP contribution is 2.11. The van der Waals surface area contributed by atoms with Crippen molar-refractivity contribution < 1.29 is 14.9 Å². The molecule has 1 aliphatic rings. The van der Waals surface area contributed by atoms with Crippen LogP contribution in [0.1, 0.15) is 13.8 Å². The molecule has 4 heteroatoms. The topological polar surface area (TPSA) is 52.9 Å². The van der Waals surface area contributed by atoms with Crippen LogP contribution in [0.25, 0.3) is 0 Å². The predicted molar refractivity (Wildman–Crippen MR) is 49.5 cm³/mol. The Bertz CT molecular complexity index is 152. The lowest BCUT2D eigenvalue weighted by Crippen LogP contribution is -2.51. The molecule has 13 heavy (non-hydrogen) atoms. The van der Waals surface area contributed by atoms with E-state index in [1.54, 1.807) is 6.92 Å². The van der Waals surface area contributed by atoms with Gasteiger partial charge in [-0.1, -0.05) is 0 Å². The van der Waals surface area contributed by atoms with Gasteiger partial charge in [-0.15, -0.1) is 0 Å². The van der Waals surface area contributed by atoms with E-state index in [1.165, 1.54) is 0 Å². The summed E-state index contributed by atoms with van der Waals surface area (Å²) in [6.07, 6.45) is -0.408. The lowest BCUT2D eigenvalue weighted by molar-refractivity contribution is -0.0854. The maximum absolute atomic E-state index is 9.24. The van der Waals surface area contributed by atoms with Gasteiger partial charge < -0.3 is 14.9 Å². The van der Waals surface area contributed by atoms with Crippen LogP contribution in [-0.4, -0.2) is 59.7 Å². The Kier molecular flexibility index (Phi) is 4.12. The number of morpholine rings is 1. The van der Waals surface area contributed by atoms with E-state index in [4.69, 9.17) is 9.84 Å². The van der Waals surface area contributed by atoms with Gasteiger partial charge in [-0.25, -0.2) is 0 Å². The van der Waals surface area contributed by atoms with Crippen molar-refractivity contribution in [1.82, 2.24) is 4.90 Å². The number of rotatable bonds is 3. The zero-order valence-electron chi connectivity index (χ0n) is 8.31. The summed E-state index contributed by atoms with van der Waals surface area (Å²) in [5.41, 5.74) is 0. The minimum atomic E-state index is -0.320. The zero-order valence-corrected chi connectivity index (χ0v) is 8.31. The molecule has 1 fully saturated rings. The number of aliphatic hydroxyl groups excluding tert-OH is 2. The van der Waals surface area contributed by atoms with E-state index < -0.39 is 0 Å². The lowest BCUT2D eigenvalue weighted by atomic mass is 10.2. The minimum Gasteiger partial charge on any atom is -0.394 e. The Balaban J connectivity index is 2.40. The molecule has 4 nitrogen and oxygen atoms in total. The second-order valence-electron chi connectivity index (χ2n) is 3.79. The number of hydrogen-bond donors (Lipinski definition) is 2. The van der Waals surface area contributed by atoms with Gasteiger partial charge in [0.2, 0.25) is 0 Å². The van der Waals surface area contributed by atoms with Crippen molar-refractivity contribution in [1.29, 1.82) is 0 Å². The Labute approximate surface area is 79.1 Å². The molecule has 1 aliphatic heterocycles. The van der Waals surface area contributed by atoms with Gasteiger partial charge in [0.05, 0.1) is 25.4 Å². The van der Waals surface area contributed by atoms with Crippen LogP contribution in [0.15, 0.2) is 0 Å². The molecule has 0 bridgehead atoms. The van der Waals surface area contributed by atoms with Crippen LogP contribution >= 0.6 is 0 Å².